The average molecular weight is 315 g/mol. The van der Waals surface area contributed by atoms with Gasteiger partial charge in [0.1, 0.15) is 6.17 Å². The van der Waals surface area contributed by atoms with Crippen molar-refractivity contribution in [2.24, 2.45) is 5.92 Å². The van der Waals surface area contributed by atoms with E-state index >= 15 is 0 Å². The zero-order valence-corrected chi connectivity index (χ0v) is 11.0. The first-order valence-electron chi connectivity index (χ1n) is 5.14. The molecule has 1 aromatic carbocycles. The highest BCUT2D eigenvalue weighted by Crippen LogP contribution is 2.35. The van der Waals surface area contributed by atoms with Gasteiger partial charge >= 0.3 is 0 Å². The van der Waals surface area contributed by atoms with Gasteiger partial charge in [0.25, 0.3) is 0 Å². The Kier molecular flexibility index (Phi) is 2.63. The molecule has 2 atom stereocenters. The lowest BCUT2D eigenvalue weighted by Crippen LogP contribution is -2.14. The third-order valence-electron chi connectivity index (χ3n) is 2.63. The molecule has 0 aliphatic heterocycles. The van der Waals surface area contributed by atoms with Crippen molar-refractivity contribution < 1.29 is 9.18 Å². The van der Waals surface area contributed by atoms with E-state index in [9.17, 15) is 9.18 Å². The third kappa shape index (κ3) is 2.19. The van der Waals surface area contributed by atoms with Crippen LogP contribution in [0, 0.1) is 5.92 Å². The molecule has 17 heavy (non-hydrogen) atoms. The number of amides is 1. The van der Waals surface area contributed by atoms with Crippen LogP contribution in [0.5, 0.6) is 0 Å². The molecule has 1 aliphatic carbocycles. The summed E-state index contributed by atoms with van der Waals surface area (Å²) in [6, 6.07) is 5.71. The molecular weight excluding hydrogens is 307 g/mol. The number of anilines is 1. The van der Waals surface area contributed by atoms with E-state index in [-0.39, 0.29) is 5.91 Å². The predicted molar refractivity (Wildman–Crippen MR) is 69.0 cm³/mol. The van der Waals surface area contributed by atoms with Crippen LogP contribution >= 0.6 is 27.3 Å². The van der Waals surface area contributed by atoms with E-state index in [4.69, 9.17) is 0 Å². The van der Waals surface area contributed by atoms with Gasteiger partial charge in [0.15, 0.2) is 5.13 Å². The molecular formula is C11H8BrFN2OS. The minimum Gasteiger partial charge on any atom is -0.302 e. The Bertz CT molecular complexity index is 600. The van der Waals surface area contributed by atoms with E-state index in [1.807, 2.05) is 18.2 Å². The lowest BCUT2D eigenvalue weighted by atomic mass is 10.3. The minimum absolute atomic E-state index is 0.268. The molecule has 1 saturated carbocycles. The molecule has 88 valence electrons. The van der Waals surface area contributed by atoms with Crippen LogP contribution in [-0.2, 0) is 4.79 Å². The molecule has 1 fully saturated rings. The Hall–Kier alpha value is -1.01. The van der Waals surface area contributed by atoms with E-state index in [0.717, 1.165) is 14.7 Å². The van der Waals surface area contributed by atoms with E-state index in [1.54, 1.807) is 0 Å². The van der Waals surface area contributed by atoms with Crippen LogP contribution in [0.3, 0.4) is 0 Å². The summed E-state index contributed by atoms with van der Waals surface area (Å²) < 4.78 is 14.7. The number of carbonyl (C=O) groups is 1. The number of benzene rings is 1. The molecule has 1 aromatic heterocycles. The zero-order valence-electron chi connectivity index (χ0n) is 8.61. The fraction of sp³-hybridized carbons (Fsp3) is 0.273. The molecule has 0 radical (unpaired) electrons. The Morgan fingerprint density at radius 2 is 2.35 bits per heavy atom. The summed E-state index contributed by atoms with van der Waals surface area (Å²) in [5, 5.41) is 3.19. The number of nitrogens with zero attached hydrogens (tertiary/aromatic N) is 1. The highest BCUT2D eigenvalue weighted by molar-refractivity contribution is 9.10. The van der Waals surface area contributed by atoms with Gasteiger partial charge in [0.05, 0.1) is 16.1 Å². The van der Waals surface area contributed by atoms with Crippen molar-refractivity contribution in [1.29, 1.82) is 0 Å². The van der Waals surface area contributed by atoms with Crippen LogP contribution in [0.4, 0.5) is 9.52 Å². The number of hydrogen-bond acceptors (Lipinski definition) is 3. The SMILES string of the molecule is O=C(Nc1nc2ccc(Br)cc2s1)C1C[C@@H]1F. The Labute approximate surface area is 109 Å². The monoisotopic (exact) mass is 314 g/mol. The first-order valence-corrected chi connectivity index (χ1v) is 6.75. The average Bonchev–Trinajstić information content (AvgIpc) is 2.87. The van der Waals surface area contributed by atoms with Crippen molar-refractivity contribution in [3.8, 4) is 0 Å². The molecule has 1 heterocycles. The van der Waals surface area contributed by atoms with Gasteiger partial charge in [0.2, 0.25) is 5.91 Å². The fourth-order valence-electron chi connectivity index (χ4n) is 1.59. The van der Waals surface area contributed by atoms with Gasteiger partial charge in [-0.3, -0.25) is 4.79 Å². The lowest BCUT2D eigenvalue weighted by Gasteiger charge is -1.97. The summed E-state index contributed by atoms with van der Waals surface area (Å²) in [6.45, 7) is 0. The quantitative estimate of drug-likeness (QED) is 0.923. The number of alkyl halides is 1. The number of carbonyl (C=O) groups excluding carboxylic acids is 1. The van der Waals surface area contributed by atoms with Crippen molar-refractivity contribution in [2.45, 2.75) is 12.6 Å². The summed E-state index contributed by atoms with van der Waals surface area (Å²) in [5.74, 6) is -0.746. The number of thiazole rings is 1. The van der Waals surface area contributed by atoms with Crippen LogP contribution in [0.15, 0.2) is 22.7 Å². The molecule has 0 spiro atoms. The molecule has 1 unspecified atom stereocenters. The van der Waals surface area contributed by atoms with Gasteiger partial charge < -0.3 is 5.32 Å². The smallest absolute Gasteiger partial charge is 0.232 e. The van der Waals surface area contributed by atoms with Crippen molar-refractivity contribution in [2.75, 3.05) is 5.32 Å². The second kappa shape index (κ2) is 4.03. The van der Waals surface area contributed by atoms with E-state index < -0.39 is 12.1 Å². The zero-order chi connectivity index (χ0) is 12.0. The number of nitrogens with one attached hydrogen (secondary N) is 1. The summed E-state index contributed by atoms with van der Waals surface area (Å²) in [6.07, 6.45) is -0.638. The highest BCUT2D eigenvalue weighted by atomic mass is 79.9. The molecule has 1 amide bonds. The van der Waals surface area contributed by atoms with Gasteiger partial charge in [0, 0.05) is 4.47 Å². The summed E-state index contributed by atoms with van der Waals surface area (Å²) in [4.78, 5) is 15.8. The van der Waals surface area contributed by atoms with Crippen molar-refractivity contribution >= 4 is 48.5 Å². The molecule has 3 nitrogen and oxygen atoms in total. The van der Waals surface area contributed by atoms with Gasteiger partial charge in [-0.1, -0.05) is 27.3 Å². The Balaban J connectivity index is 1.83. The largest absolute Gasteiger partial charge is 0.302 e. The normalized spacial score (nSPS) is 22.7. The number of aromatic nitrogens is 1. The van der Waals surface area contributed by atoms with Crippen molar-refractivity contribution in [3.63, 3.8) is 0 Å². The van der Waals surface area contributed by atoms with Crippen LogP contribution in [-0.4, -0.2) is 17.1 Å². The minimum atomic E-state index is -0.974. The van der Waals surface area contributed by atoms with E-state index in [2.05, 4.69) is 26.2 Å². The number of hydrogen-bond donors (Lipinski definition) is 1. The maximum atomic E-state index is 12.7. The van der Waals surface area contributed by atoms with Crippen LogP contribution in [0.1, 0.15) is 6.42 Å². The first-order chi connectivity index (χ1) is 8.13. The first kappa shape index (κ1) is 11.1. The molecule has 0 saturated heterocycles. The maximum Gasteiger partial charge on any atom is 0.232 e. The summed E-state index contributed by atoms with van der Waals surface area (Å²) in [5.41, 5.74) is 0.834. The van der Waals surface area contributed by atoms with Crippen LogP contribution in [0.25, 0.3) is 10.2 Å². The fourth-order valence-corrected chi connectivity index (χ4v) is 3.01. The standard InChI is InChI=1S/C11H8BrFN2OS/c12-5-1-2-8-9(3-5)17-11(14-8)15-10(16)6-4-7(6)13/h1-3,6-7H,4H2,(H,14,15,16)/t6?,7-/m0/s1. The maximum absolute atomic E-state index is 12.7. The van der Waals surface area contributed by atoms with E-state index in [1.165, 1.54) is 11.3 Å². The lowest BCUT2D eigenvalue weighted by molar-refractivity contribution is -0.117. The predicted octanol–water partition coefficient (Wildman–Crippen LogP) is 3.36. The topological polar surface area (TPSA) is 42.0 Å². The summed E-state index contributed by atoms with van der Waals surface area (Å²) >= 11 is 4.77. The summed E-state index contributed by atoms with van der Waals surface area (Å²) in [7, 11) is 0. The number of fused-ring (bicyclic) bond motifs is 1. The van der Waals surface area contributed by atoms with Gasteiger partial charge in [-0.25, -0.2) is 9.37 Å². The van der Waals surface area contributed by atoms with Crippen molar-refractivity contribution in [3.05, 3.63) is 22.7 Å². The van der Waals surface area contributed by atoms with Crippen molar-refractivity contribution in [1.82, 2.24) is 4.98 Å². The third-order valence-corrected chi connectivity index (χ3v) is 4.06. The number of rotatable bonds is 2. The van der Waals surface area contributed by atoms with Gasteiger partial charge in [-0.15, -0.1) is 0 Å². The highest BCUT2D eigenvalue weighted by Gasteiger charge is 2.43. The van der Waals surface area contributed by atoms with Crippen LogP contribution in [0.2, 0.25) is 0 Å². The Morgan fingerprint density at radius 3 is 3.06 bits per heavy atom. The van der Waals surface area contributed by atoms with Crippen LogP contribution < -0.4 is 5.32 Å². The second-order valence-corrected chi connectivity index (χ2v) is 5.92. The second-order valence-electron chi connectivity index (χ2n) is 3.98. The molecule has 2 aromatic rings. The molecule has 3 rings (SSSR count). The molecule has 6 heteroatoms. The van der Waals surface area contributed by atoms with Gasteiger partial charge in [-0.2, -0.15) is 0 Å². The molecule has 1 aliphatic rings. The van der Waals surface area contributed by atoms with E-state index in [0.29, 0.717) is 11.6 Å². The Morgan fingerprint density at radius 1 is 1.59 bits per heavy atom. The number of halogens is 2. The van der Waals surface area contributed by atoms with Gasteiger partial charge in [-0.05, 0) is 24.6 Å². The molecule has 1 N–H and O–H groups in total. The molecule has 0 bridgehead atoms.